The summed E-state index contributed by atoms with van der Waals surface area (Å²) in [6.07, 6.45) is 7.97. The molecule has 0 bridgehead atoms. The van der Waals surface area contributed by atoms with Gasteiger partial charge in [0, 0.05) is 18.3 Å². The maximum Gasteiger partial charge on any atom is 0.304 e. The van der Waals surface area contributed by atoms with E-state index in [2.05, 4.69) is 4.90 Å². The van der Waals surface area contributed by atoms with Crippen molar-refractivity contribution in [3.8, 4) is 0 Å². The smallest absolute Gasteiger partial charge is 0.304 e. The van der Waals surface area contributed by atoms with E-state index in [1.54, 1.807) is 0 Å². The number of nitrogens with zero attached hydrogens (tertiary/aromatic N) is 1. The number of hydrogen-bond donors (Lipinski definition) is 1. The van der Waals surface area contributed by atoms with Crippen LogP contribution >= 0.6 is 0 Å². The number of likely N-dealkylation sites (tertiary alicyclic amines) is 1. The largest absolute Gasteiger partial charge is 0.481 e. The number of sulfone groups is 1. The summed E-state index contributed by atoms with van der Waals surface area (Å²) in [7, 11) is -2.98. The first-order chi connectivity index (χ1) is 9.38. The van der Waals surface area contributed by atoms with Gasteiger partial charge in [-0.15, -0.1) is 0 Å². The second kappa shape index (κ2) is 6.43. The molecule has 1 aliphatic carbocycles. The lowest BCUT2D eigenvalue weighted by Crippen LogP contribution is -2.50. The van der Waals surface area contributed by atoms with E-state index in [0.29, 0.717) is 6.42 Å². The second-order valence-corrected chi connectivity index (χ2v) is 8.58. The summed E-state index contributed by atoms with van der Waals surface area (Å²) in [6.45, 7) is 0.916. The minimum Gasteiger partial charge on any atom is -0.481 e. The summed E-state index contributed by atoms with van der Waals surface area (Å²) in [5, 5.41) is 8.80. The molecular weight excluding hydrogens is 278 g/mol. The number of carbonyl (C=O) groups is 1. The Labute approximate surface area is 121 Å². The molecule has 1 N–H and O–H groups in total. The lowest BCUT2D eigenvalue weighted by atomic mass is 9.89. The number of carboxylic acid groups (broad SMARTS) is 1. The molecule has 5 nitrogen and oxygen atoms in total. The summed E-state index contributed by atoms with van der Waals surface area (Å²) in [5.74, 6) is -0.752. The molecule has 3 atom stereocenters. The molecule has 2 aliphatic rings. The summed E-state index contributed by atoms with van der Waals surface area (Å²) < 4.78 is 23.5. The molecule has 1 saturated carbocycles. The fourth-order valence-electron chi connectivity index (χ4n) is 3.73. The van der Waals surface area contributed by atoms with Crippen LogP contribution in [0.4, 0.5) is 0 Å². The molecule has 0 spiro atoms. The van der Waals surface area contributed by atoms with Crippen molar-refractivity contribution in [1.82, 2.24) is 4.90 Å². The minimum absolute atomic E-state index is 0.0876. The van der Waals surface area contributed by atoms with E-state index in [-0.39, 0.29) is 23.8 Å². The van der Waals surface area contributed by atoms with Crippen LogP contribution in [-0.4, -0.2) is 54.5 Å². The Morgan fingerprint density at radius 1 is 1.20 bits per heavy atom. The van der Waals surface area contributed by atoms with Gasteiger partial charge < -0.3 is 5.11 Å². The van der Waals surface area contributed by atoms with Crippen LogP contribution in [0.2, 0.25) is 0 Å². The number of piperidine rings is 1. The average molecular weight is 303 g/mol. The van der Waals surface area contributed by atoms with Crippen LogP contribution in [0.5, 0.6) is 0 Å². The van der Waals surface area contributed by atoms with Gasteiger partial charge in [-0.1, -0.05) is 12.8 Å². The highest BCUT2D eigenvalue weighted by Crippen LogP contribution is 2.32. The zero-order chi connectivity index (χ0) is 14.8. The van der Waals surface area contributed by atoms with Crippen molar-refractivity contribution in [3.05, 3.63) is 0 Å². The van der Waals surface area contributed by atoms with Gasteiger partial charge in [0.2, 0.25) is 0 Å². The zero-order valence-electron chi connectivity index (χ0n) is 12.1. The molecule has 2 fully saturated rings. The lowest BCUT2D eigenvalue weighted by Gasteiger charge is -2.43. The van der Waals surface area contributed by atoms with E-state index < -0.39 is 15.8 Å². The molecule has 2 rings (SSSR count). The van der Waals surface area contributed by atoms with Crippen molar-refractivity contribution >= 4 is 15.8 Å². The predicted octanol–water partition coefficient (Wildman–Crippen LogP) is 1.67. The molecule has 20 heavy (non-hydrogen) atoms. The van der Waals surface area contributed by atoms with Crippen LogP contribution < -0.4 is 0 Å². The highest BCUT2D eigenvalue weighted by molar-refractivity contribution is 7.91. The SMILES string of the molecule is CS(=O)(=O)C1CCCC(N2CCCCC2CC(=O)O)C1. The van der Waals surface area contributed by atoms with E-state index in [9.17, 15) is 13.2 Å². The molecule has 6 heteroatoms. The van der Waals surface area contributed by atoms with E-state index in [4.69, 9.17) is 5.11 Å². The van der Waals surface area contributed by atoms with Crippen LogP contribution in [0, 0.1) is 0 Å². The van der Waals surface area contributed by atoms with Crippen LogP contribution in [-0.2, 0) is 14.6 Å². The Morgan fingerprint density at radius 2 is 1.95 bits per heavy atom. The first-order valence-electron chi connectivity index (χ1n) is 7.54. The first kappa shape index (κ1) is 15.8. The Balaban J connectivity index is 2.05. The van der Waals surface area contributed by atoms with Crippen molar-refractivity contribution in [1.29, 1.82) is 0 Å². The molecule has 1 saturated heterocycles. The molecule has 0 aromatic heterocycles. The quantitative estimate of drug-likeness (QED) is 0.855. The second-order valence-electron chi connectivity index (χ2n) is 6.26. The summed E-state index contributed by atoms with van der Waals surface area (Å²) in [5.41, 5.74) is 0. The Hall–Kier alpha value is -0.620. The zero-order valence-corrected chi connectivity index (χ0v) is 12.9. The maximum atomic E-state index is 11.8. The van der Waals surface area contributed by atoms with Gasteiger partial charge in [0.25, 0.3) is 0 Å². The Bertz CT molecular complexity index is 448. The van der Waals surface area contributed by atoms with Crippen LogP contribution in [0.25, 0.3) is 0 Å². The predicted molar refractivity (Wildman–Crippen MR) is 77.5 cm³/mol. The van der Waals surface area contributed by atoms with Gasteiger partial charge in [0.1, 0.15) is 9.84 Å². The third-order valence-electron chi connectivity index (χ3n) is 4.76. The van der Waals surface area contributed by atoms with E-state index in [0.717, 1.165) is 45.1 Å². The van der Waals surface area contributed by atoms with Crippen LogP contribution in [0.1, 0.15) is 51.4 Å². The van der Waals surface area contributed by atoms with Gasteiger partial charge in [-0.05, 0) is 38.6 Å². The van der Waals surface area contributed by atoms with E-state index >= 15 is 0 Å². The number of aliphatic carboxylic acids is 1. The van der Waals surface area contributed by atoms with Gasteiger partial charge in [0.15, 0.2) is 0 Å². The van der Waals surface area contributed by atoms with Gasteiger partial charge in [-0.3, -0.25) is 9.69 Å². The summed E-state index contributed by atoms with van der Waals surface area (Å²) in [6, 6.07) is 0.331. The fraction of sp³-hybridized carbons (Fsp3) is 0.929. The maximum absolute atomic E-state index is 11.8. The van der Waals surface area contributed by atoms with Crippen molar-refractivity contribution in [3.63, 3.8) is 0 Å². The molecular formula is C14H25NO4S. The van der Waals surface area contributed by atoms with Crippen LogP contribution in [0.15, 0.2) is 0 Å². The number of rotatable bonds is 4. The molecule has 0 amide bonds. The summed E-state index contributed by atoms with van der Waals surface area (Å²) in [4.78, 5) is 13.3. The van der Waals surface area contributed by atoms with E-state index in [1.807, 2.05) is 0 Å². The molecule has 1 aliphatic heterocycles. The van der Waals surface area contributed by atoms with Gasteiger partial charge in [0.05, 0.1) is 11.7 Å². The molecule has 0 radical (unpaired) electrons. The first-order valence-corrected chi connectivity index (χ1v) is 9.50. The van der Waals surface area contributed by atoms with Gasteiger partial charge in [-0.25, -0.2) is 8.42 Å². The number of carboxylic acids is 1. The molecule has 0 aromatic rings. The molecule has 3 unspecified atom stereocenters. The van der Waals surface area contributed by atoms with Crippen LogP contribution in [0.3, 0.4) is 0 Å². The third-order valence-corrected chi connectivity index (χ3v) is 6.40. The standard InChI is InChI=1S/C14H25NO4S/c1-20(18,19)13-7-4-6-11(9-13)15-8-3-2-5-12(15)10-14(16)17/h11-13H,2-10H2,1H3,(H,16,17). The minimum atomic E-state index is -2.98. The van der Waals surface area contributed by atoms with Gasteiger partial charge in [-0.2, -0.15) is 0 Å². The number of hydrogen-bond acceptors (Lipinski definition) is 4. The summed E-state index contributed by atoms with van der Waals surface area (Å²) >= 11 is 0. The van der Waals surface area contributed by atoms with Crippen molar-refractivity contribution in [2.75, 3.05) is 12.8 Å². The monoisotopic (exact) mass is 303 g/mol. The van der Waals surface area contributed by atoms with Gasteiger partial charge >= 0.3 is 5.97 Å². The average Bonchev–Trinajstić information content (AvgIpc) is 2.38. The fourth-order valence-corrected chi connectivity index (χ4v) is 4.90. The highest BCUT2D eigenvalue weighted by atomic mass is 32.2. The Kier molecular flexibility index (Phi) is 5.07. The normalized spacial score (nSPS) is 33.0. The highest BCUT2D eigenvalue weighted by Gasteiger charge is 2.36. The van der Waals surface area contributed by atoms with E-state index in [1.165, 1.54) is 6.26 Å². The topological polar surface area (TPSA) is 74.7 Å². The molecule has 116 valence electrons. The van der Waals surface area contributed by atoms with Crippen molar-refractivity contribution < 1.29 is 18.3 Å². The molecule has 0 aromatic carbocycles. The Morgan fingerprint density at radius 3 is 2.60 bits per heavy atom. The third kappa shape index (κ3) is 3.95. The van der Waals surface area contributed by atoms with Crippen molar-refractivity contribution in [2.24, 2.45) is 0 Å². The lowest BCUT2D eigenvalue weighted by molar-refractivity contribution is -0.139. The molecule has 1 heterocycles. The van der Waals surface area contributed by atoms with Crippen molar-refractivity contribution in [2.45, 2.75) is 68.7 Å².